The molecule has 1 saturated heterocycles. The van der Waals surface area contributed by atoms with Crippen LogP contribution in [0.15, 0.2) is 60.8 Å². The molecule has 1 atom stereocenters. The molecule has 4 rings (SSSR count). The number of halogens is 4. The van der Waals surface area contributed by atoms with Crippen LogP contribution in [0.5, 0.6) is 5.75 Å². The number of likely N-dealkylation sites (tertiary alicyclic amines) is 1. The van der Waals surface area contributed by atoms with Gasteiger partial charge in [0.15, 0.2) is 0 Å². The van der Waals surface area contributed by atoms with E-state index in [4.69, 9.17) is 4.74 Å². The molecule has 1 amide bonds. The summed E-state index contributed by atoms with van der Waals surface area (Å²) < 4.78 is 59.4. The van der Waals surface area contributed by atoms with Crippen molar-refractivity contribution >= 4 is 17.4 Å². The fourth-order valence-electron chi connectivity index (χ4n) is 4.21. The summed E-state index contributed by atoms with van der Waals surface area (Å²) in [5.41, 5.74) is 0.486. The molecule has 2 N–H and O–H groups in total. The Bertz CT molecular complexity index is 1220. The van der Waals surface area contributed by atoms with Crippen LogP contribution in [0.1, 0.15) is 29.5 Å². The third-order valence-electron chi connectivity index (χ3n) is 6.25. The summed E-state index contributed by atoms with van der Waals surface area (Å²) in [6, 6.07) is 12.7. The molecule has 6 nitrogen and oxygen atoms in total. The van der Waals surface area contributed by atoms with Crippen molar-refractivity contribution in [2.45, 2.75) is 38.0 Å². The molecule has 0 unspecified atom stereocenters. The van der Waals surface area contributed by atoms with Crippen LogP contribution in [0.4, 0.5) is 29.1 Å². The highest BCUT2D eigenvalue weighted by Gasteiger charge is 2.32. The second kappa shape index (κ2) is 11.6. The van der Waals surface area contributed by atoms with Crippen molar-refractivity contribution < 1.29 is 27.1 Å². The summed E-state index contributed by atoms with van der Waals surface area (Å²) in [5.74, 6) is -0.337. The van der Waals surface area contributed by atoms with E-state index in [1.807, 2.05) is 7.05 Å². The van der Waals surface area contributed by atoms with Crippen LogP contribution in [0, 0.1) is 5.82 Å². The number of alkyl halides is 3. The Morgan fingerprint density at radius 2 is 1.95 bits per heavy atom. The molecule has 3 aromatic rings. The number of carbonyl (C=O) groups excluding carboxylic acids is 1. The summed E-state index contributed by atoms with van der Waals surface area (Å²) in [4.78, 5) is 19.2. The third-order valence-corrected chi connectivity index (χ3v) is 6.25. The van der Waals surface area contributed by atoms with Crippen LogP contribution >= 0.6 is 0 Å². The Labute approximate surface area is 212 Å². The monoisotopic (exact) mass is 516 g/mol. The van der Waals surface area contributed by atoms with Gasteiger partial charge in [-0.25, -0.2) is 9.37 Å². The second-order valence-corrected chi connectivity index (χ2v) is 9.05. The van der Waals surface area contributed by atoms with Gasteiger partial charge in [0, 0.05) is 36.1 Å². The molecule has 0 aliphatic carbocycles. The Morgan fingerprint density at radius 3 is 2.65 bits per heavy atom. The highest BCUT2D eigenvalue weighted by Crippen LogP contribution is 2.34. The minimum Gasteiger partial charge on any atom is -0.492 e. The lowest BCUT2D eigenvalue weighted by Crippen LogP contribution is -2.30. The standard InChI is InChI=1S/C27H28F4N4O2/c1-35-11-3-5-23(35)17-37-24-14-20(27(29,30)31)13-22(15-24)34-25(36)12-19-4-2-10-32-26(19)33-16-18-6-8-21(28)9-7-18/h2,4,6-10,13-15,23H,3,5,11-12,16-17H2,1H3,(H,32,33)(H,34,36)/t23-/m1/s1. The summed E-state index contributed by atoms with van der Waals surface area (Å²) >= 11 is 0. The van der Waals surface area contributed by atoms with Gasteiger partial charge in [-0.1, -0.05) is 18.2 Å². The van der Waals surface area contributed by atoms with Crippen molar-refractivity contribution in [3.05, 3.63) is 83.3 Å². The van der Waals surface area contributed by atoms with Gasteiger partial charge in [0.25, 0.3) is 0 Å². The zero-order chi connectivity index (χ0) is 26.4. The highest BCUT2D eigenvalue weighted by atomic mass is 19.4. The highest BCUT2D eigenvalue weighted by molar-refractivity contribution is 5.93. The number of nitrogens with one attached hydrogen (secondary N) is 2. The summed E-state index contributed by atoms with van der Waals surface area (Å²) in [6.07, 6.45) is -1.21. The predicted molar refractivity (Wildman–Crippen MR) is 133 cm³/mol. The summed E-state index contributed by atoms with van der Waals surface area (Å²) in [7, 11) is 1.96. The van der Waals surface area contributed by atoms with Crippen molar-refractivity contribution in [1.29, 1.82) is 0 Å². The Hall–Kier alpha value is -3.66. The summed E-state index contributed by atoms with van der Waals surface area (Å²) in [5, 5.41) is 5.68. The number of benzene rings is 2. The van der Waals surface area contributed by atoms with E-state index in [-0.39, 0.29) is 36.3 Å². The van der Waals surface area contributed by atoms with Crippen LogP contribution in [0.2, 0.25) is 0 Å². The largest absolute Gasteiger partial charge is 0.492 e. The number of nitrogens with zero attached hydrogens (tertiary/aromatic N) is 2. The van der Waals surface area contributed by atoms with E-state index in [9.17, 15) is 22.4 Å². The van der Waals surface area contributed by atoms with Crippen molar-refractivity contribution in [2.75, 3.05) is 30.8 Å². The van der Waals surface area contributed by atoms with E-state index < -0.39 is 17.6 Å². The SMILES string of the molecule is CN1CCC[C@@H]1COc1cc(NC(=O)Cc2cccnc2NCc2ccc(F)cc2)cc(C(F)(F)F)c1. The molecule has 0 bridgehead atoms. The van der Waals surface area contributed by atoms with Crippen molar-refractivity contribution in [3.63, 3.8) is 0 Å². The number of aromatic nitrogens is 1. The van der Waals surface area contributed by atoms with Crippen molar-refractivity contribution in [1.82, 2.24) is 9.88 Å². The molecule has 1 fully saturated rings. The Morgan fingerprint density at radius 1 is 1.16 bits per heavy atom. The number of pyridine rings is 1. The van der Waals surface area contributed by atoms with E-state index in [1.165, 1.54) is 18.2 Å². The Balaban J connectivity index is 1.43. The van der Waals surface area contributed by atoms with Crippen LogP contribution in [-0.4, -0.2) is 42.0 Å². The van der Waals surface area contributed by atoms with Gasteiger partial charge < -0.3 is 20.3 Å². The van der Waals surface area contributed by atoms with E-state index in [2.05, 4.69) is 20.5 Å². The molecule has 0 radical (unpaired) electrons. The maximum absolute atomic E-state index is 13.5. The molecule has 10 heteroatoms. The van der Waals surface area contributed by atoms with E-state index in [0.717, 1.165) is 37.1 Å². The number of hydrogen-bond acceptors (Lipinski definition) is 5. The number of hydrogen-bond donors (Lipinski definition) is 2. The number of amides is 1. The van der Waals surface area contributed by atoms with Gasteiger partial charge >= 0.3 is 6.18 Å². The first-order valence-electron chi connectivity index (χ1n) is 11.9. The first kappa shape index (κ1) is 26.4. The molecule has 2 aromatic carbocycles. The molecule has 0 saturated carbocycles. The van der Waals surface area contributed by atoms with Gasteiger partial charge in [0.05, 0.1) is 12.0 Å². The number of anilines is 2. The zero-order valence-electron chi connectivity index (χ0n) is 20.3. The van der Waals surface area contributed by atoms with Crippen molar-refractivity contribution in [3.8, 4) is 5.75 Å². The first-order valence-corrected chi connectivity index (χ1v) is 11.9. The summed E-state index contributed by atoms with van der Waals surface area (Å²) in [6.45, 7) is 1.55. The molecule has 1 aliphatic heterocycles. The molecule has 37 heavy (non-hydrogen) atoms. The number of rotatable bonds is 9. The lowest BCUT2D eigenvalue weighted by molar-refractivity contribution is -0.137. The average molecular weight is 517 g/mol. The minimum absolute atomic E-state index is 0.000636. The maximum Gasteiger partial charge on any atom is 0.416 e. The average Bonchev–Trinajstić information content (AvgIpc) is 3.27. The van der Waals surface area contributed by atoms with Gasteiger partial charge in [-0.3, -0.25) is 4.79 Å². The lowest BCUT2D eigenvalue weighted by Gasteiger charge is -2.20. The number of ether oxygens (including phenoxy) is 1. The number of likely N-dealkylation sites (N-methyl/N-ethyl adjacent to an activating group) is 1. The van der Waals surface area contributed by atoms with E-state index in [1.54, 1.807) is 30.5 Å². The quantitative estimate of drug-likeness (QED) is 0.368. The topological polar surface area (TPSA) is 66.5 Å². The van der Waals surface area contributed by atoms with Gasteiger partial charge in [-0.2, -0.15) is 13.2 Å². The smallest absolute Gasteiger partial charge is 0.416 e. The van der Waals surface area contributed by atoms with Crippen LogP contribution < -0.4 is 15.4 Å². The fraction of sp³-hybridized carbons (Fsp3) is 0.333. The van der Waals surface area contributed by atoms with Gasteiger partial charge in [-0.15, -0.1) is 0 Å². The molecular formula is C27H28F4N4O2. The molecule has 2 heterocycles. The molecule has 0 spiro atoms. The van der Waals surface area contributed by atoms with Gasteiger partial charge in [0.1, 0.15) is 24.0 Å². The normalized spacial score (nSPS) is 16.0. The second-order valence-electron chi connectivity index (χ2n) is 9.05. The van der Waals surface area contributed by atoms with Crippen LogP contribution in [0.3, 0.4) is 0 Å². The third kappa shape index (κ3) is 7.42. The van der Waals surface area contributed by atoms with Crippen LogP contribution in [0.25, 0.3) is 0 Å². The maximum atomic E-state index is 13.5. The fourth-order valence-corrected chi connectivity index (χ4v) is 4.21. The predicted octanol–water partition coefficient (Wildman–Crippen LogP) is 5.51. The van der Waals surface area contributed by atoms with Crippen LogP contribution in [-0.2, 0) is 23.9 Å². The first-order chi connectivity index (χ1) is 17.7. The molecular weight excluding hydrogens is 488 g/mol. The van der Waals surface area contributed by atoms with Gasteiger partial charge in [0.2, 0.25) is 5.91 Å². The van der Waals surface area contributed by atoms with E-state index in [0.29, 0.717) is 17.9 Å². The van der Waals surface area contributed by atoms with Crippen molar-refractivity contribution in [2.24, 2.45) is 0 Å². The minimum atomic E-state index is -4.59. The Kier molecular flexibility index (Phi) is 8.27. The van der Waals surface area contributed by atoms with Gasteiger partial charge in [-0.05, 0) is 62.3 Å². The number of carbonyl (C=O) groups is 1. The zero-order valence-corrected chi connectivity index (χ0v) is 20.3. The molecule has 1 aliphatic rings. The molecule has 196 valence electrons. The lowest BCUT2D eigenvalue weighted by atomic mass is 10.1. The molecule has 1 aromatic heterocycles. The van der Waals surface area contributed by atoms with E-state index >= 15 is 0 Å².